The van der Waals surface area contributed by atoms with Crippen LogP contribution >= 0.6 is 0 Å². The van der Waals surface area contributed by atoms with Gasteiger partial charge in [-0.15, -0.1) is 0 Å². The van der Waals surface area contributed by atoms with Crippen LogP contribution in [0.2, 0.25) is 0 Å². The molecule has 0 saturated heterocycles. The molecule has 27 heavy (non-hydrogen) atoms. The second-order valence-electron chi connectivity index (χ2n) is 6.63. The SMILES string of the molecule is CCc1ccc(CN(C)C(=O)c2ccc(-c3ccc(C(C)=O)cc3)o2)cc1. The van der Waals surface area contributed by atoms with Crippen LogP contribution in [0.4, 0.5) is 0 Å². The Morgan fingerprint density at radius 2 is 1.52 bits per heavy atom. The van der Waals surface area contributed by atoms with E-state index < -0.39 is 0 Å². The average molecular weight is 361 g/mol. The van der Waals surface area contributed by atoms with Gasteiger partial charge in [-0.1, -0.05) is 55.5 Å². The Kier molecular flexibility index (Phi) is 5.55. The summed E-state index contributed by atoms with van der Waals surface area (Å²) < 4.78 is 5.75. The summed E-state index contributed by atoms with van der Waals surface area (Å²) in [6.07, 6.45) is 0.998. The van der Waals surface area contributed by atoms with E-state index in [-0.39, 0.29) is 11.7 Å². The smallest absolute Gasteiger partial charge is 0.289 e. The minimum Gasteiger partial charge on any atom is -0.451 e. The van der Waals surface area contributed by atoms with Crippen molar-refractivity contribution in [3.05, 3.63) is 83.1 Å². The molecule has 0 N–H and O–H groups in total. The Bertz CT molecular complexity index is 937. The fourth-order valence-electron chi connectivity index (χ4n) is 2.89. The van der Waals surface area contributed by atoms with Crippen molar-refractivity contribution in [1.29, 1.82) is 0 Å². The highest BCUT2D eigenvalue weighted by Crippen LogP contribution is 2.23. The van der Waals surface area contributed by atoms with Gasteiger partial charge in [-0.25, -0.2) is 0 Å². The van der Waals surface area contributed by atoms with E-state index >= 15 is 0 Å². The molecule has 1 amide bonds. The van der Waals surface area contributed by atoms with Gasteiger partial charge in [0.2, 0.25) is 0 Å². The first-order chi connectivity index (χ1) is 13.0. The molecule has 0 saturated carbocycles. The lowest BCUT2D eigenvalue weighted by atomic mass is 10.1. The third-order valence-corrected chi connectivity index (χ3v) is 4.59. The highest BCUT2D eigenvalue weighted by Gasteiger charge is 2.17. The van der Waals surface area contributed by atoms with Crippen LogP contribution in [0.5, 0.6) is 0 Å². The Morgan fingerprint density at radius 3 is 2.11 bits per heavy atom. The minimum absolute atomic E-state index is 0.0189. The van der Waals surface area contributed by atoms with Gasteiger partial charge in [0.1, 0.15) is 5.76 Å². The highest BCUT2D eigenvalue weighted by atomic mass is 16.4. The van der Waals surface area contributed by atoms with Crippen LogP contribution in [0.1, 0.15) is 45.9 Å². The summed E-state index contributed by atoms with van der Waals surface area (Å²) in [6, 6.07) is 18.9. The molecule has 2 aromatic carbocycles. The van der Waals surface area contributed by atoms with Gasteiger partial charge in [0.05, 0.1) is 0 Å². The molecule has 0 fully saturated rings. The van der Waals surface area contributed by atoms with Gasteiger partial charge in [0, 0.05) is 24.7 Å². The van der Waals surface area contributed by atoms with Crippen molar-refractivity contribution in [3.63, 3.8) is 0 Å². The van der Waals surface area contributed by atoms with Crippen LogP contribution in [0.15, 0.2) is 65.1 Å². The van der Waals surface area contributed by atoms with Gasteiger partial charge in [-0.3, -0.25) is 9.59 Å². The highest BCUT2D eigenvalue weighted by molar-refractivity contribution is 5.94. The summed E-state index contributed by atoms with van der Waals surface area (Å²) in [4.78, 5) is 25.7. The molecule has 0 aliphatic heterocycles. The van der Waals surface area contributed by atoms with Crippen molar-refractivity contribution in [2.24, 2.45) is 0 Å². The molecular weight excluding hydrogens is 338 g/mol. The van der Waals surface area contributed by atoms with E-state index in [1.807, 2.05) is 24.3 Å². The predicted molar refractivity (Wildman–Crippen MR) is 106 cm³/mol. The Morgan fingerprint density at radius 1 is 0.889 bits per heavy atom. The molecule has 1 aromatic heterocycles. The lowest BCUT2D eigenvalue weighted by Gasteiger charge is -2.16. The maximum atomic E-state index is 12.6. The monoisotopic (exact) mass is 361 g/mol. The molecule has 0 aliphatic rings. The zero-order chi connectivity index (χ0) is 19.4. The number of benzene rings is 2. The maximum absolute atomic E-state index is 12.6. The van der Waals surface area contributed by atoms with Crippen LogP contribution in [0.3, 0.4) is 0 Å². The number of hydrogen-bond acceptors (Lipinski definition) is 3. The molecule has 0 aliphatic carbocycles. The third kappa shape index (κ3) is 4.34. The largest absolute Gasteiger partial charge is 0.451 e. The standard InChI is InChI=1S/C23H23NO3/c1-4-17-5-7-18(8-6-17)15-24(3)23(26)22-14-13-21(27-22)20-11-9-19(10-12-20)16(2)25/h5-14H,4,15H2,1-3H3. The summed E-state index contributed by atoms with van der Waals surface area (Å²) in [5.41, 5.74) is 3.83. The van der Waals surface area contributed by atoms with Gasteiger partial charge in [-0.2, -0.15) is 0 Å². The van der Waals surface area contributed by atoms with Gasteiger partial charge < -0.3 is 9.32 Å². The average Bonchev–Trinajstić information content (AvgIpc) is 3.18. The van der Waals surface area contributed by atoms with E-state index in [1.54, 1.807) is 36.2 Å². The number of aryl methyl sites for hydroxylation is 1. The van der Waals surface area contributed by atoms with E-state index in [9.17, 15) is 9.59 Å². The molecule has 3 aromatic rings. The second-order valence-corrected chi connectivity index (χ2v) is 6.63. The molecule has 0 spiro atoms. The zero-order valence-electron chi connectivity index (χ0n) is 15.9. The van der Waals surface area contributed by atoms with Crippen molar-refractivity contribution in [3.8, 4) is 11.3 Å². The zero-order valence-corrected chi connectivity index (χ0v) is 15.9. The number of rotatable bonds is 6. The minimum atomic E-state index is -0.166. The maximum Gasteiger partial charge on any atom is 0.289 e. The number of hydrogen-bond donors (Lipinski definition) is 0. The molecule has 4 heteroatoms. The van der Waals surface area contributed by atoms with E-state index in [2.05, 4.69) is 19.1 Å². The van der Waals surface area contributed by atoms with Gasteiger partial charge in [-0.05, 0) is 36.6 Å². The van der Waals surface area contributed by atoms with E-state index in [0.29, 0.717) is 23.6 Å². The van der Waals surface area contributed by atoms with E-state index in [0.717, 1.165) is 17.5 Å². The number of ketones is 1. The van der Waals surface area contributed by atoms with Gasteiger partial charge >= 0.3 is 0 Å². The topological polar surface area (TPSA) is 50.5 Å². The Hall–Kier alpha value is -3.14. The summed E-state index contributed by atoms with van der Waals surface area (Å²) in [6.45, 7) is 4.17. The van der Waals surface area contributed by atoms with Crippen molar-refractivity contribution in [1.82, 2.24) is 4.90 Å². The Labute approximate surface area is 159 Å². The molecule has 1 heterocycles. The molecule has 3 rings (SSSR count). The summed E-state index contributed by atoms with van der Waals surface area (Å²) in [5.74, 6) is 0.758. The molecule has 0 bridgehead atoms. The van der Waals surface area contributed by atoms with Crippen molar-refractivity contribution < 1.29 is 14.0 Å². The first-order valence-corrected chi connectivity index (χ1v) is 9.02. The van der Waals surface area contributed by atoms with Gasteiger partial charge in [0.25, 0.3) is 5.91 Å². The number of Topliss-reactive ketones (excluding diaryl/α,β-unsaturated/α-hetero) is 1. The molecule has 4 nitrogen and oxygen atoms in total. The van der Waals surface area contributed by atoms with Crippen LogP contribution in [0.25, 0.3) is 11.3 Å². The lowest BCUT2D eigenvalue weighted by Crippen LogP contribution is -2.25. The van der Waals surface area contributed by atoms with Crippen LogP contribution < -0.4 is 0 Å². The fraction of sp³-hybridized carbons (Fsp3) is 0.217. The molecular formula is C23H23NO3. The van der Waals surface area contributed by atoms with Crippen LogP contribution in [0, 0.1) is 0 Å². The van der Waals surface area contributed by atoms with E-state index in [1.165, 1.54) is 12.5 Å². The molecule has 138 valence electrons. The van der Waals surface area contributed by atoms with Gasteiger partial charge in [0.15, 0.2) is 11.5 Å². The van der Waals surface area contributed by atoms with E-state index in [4.69, 9.17) is 4.42 Å². The number of furan rings is 1. The lowest BCUT2D eigenvalue weighted by molar-refractivity contribution is 0.0754. The first kappa shape index (κ1) is 18.6. The number of nitrogens with zero attached hydrogens (tertiary/aromatic N) is 1. The quantitative estimate of drug-likeness (QED) is 0.582. The number of carbonyl (C=O) groups is 2. The molecule has 0 atom stereocenters. The first-order valence-electron chi connectivity index (χ1n) is 9.02. The predicted octanol–water partition coefficient (Wildman–Crippen LogP) is 4.98. The van der Waals surface area contributed by atoms with Crippen molar-refractivity contribution >= 4 is 11.7 Å². The molecule has 0 unspecified atom stereocenters. The number of amides is 1. The van der Waals surface area contributed by atoms with Crippen LogP contribution in [-0.4, -0.2) is 23.6 Å². The second kappa shape index (κ2) is 8.04. The summed E-state index contributed by atoms with van der Waals surface area (Å²) >= 11 is 0. The van der Waals surface area contributed by atoms with Crippen LogP contribution in [-0.2, 0) is 13.0 Å². The van der Waals surface area contributed by atoms with Crippen molar-refractivity contribution in [2.75, 3.05) is 7.05 Å². The summed E-state index contributed by atoms with van der Waals surface area (Å²) in [5, 5.41) is 0. The number of carbonyl (C=O) groups excluding carboxylic acids is 2. The molecule has 0 radical (unpaired) electrons. The third-order valence-electron chi connectivity index (χ3n) is 4.59. The Balaban J connectivity index is 1.70. The van der Waals surface area contributed by atoms with Crippen molar-refractivity contribution in [2.45, 2.75) is 26.8 Å². The normalized spacial score (nSPS) is 10.6. The summed E-state index contributed by atoms with van der Waals surface area (Å²) in [7, 11) is 1.76. The fourth-order valence-corrected chi connectivity index (χ4v) is 2.89.